The smallest absolute Gasteiger partial charge is 0.134 e. The number of fused-ring (bicyclic) bond motifs is 6. The number of nitrogens with two attached hydrogens (primary N) is 1. The molecule has 2 aliphatic heterocycles. The number of nitrogens with zero attached hydrogens (tertiary/aromatic N) is 1. The normalized spacial score (nSPS) is 21.8. The van der Waals surface area contributed by atoms with Crippen molar-refractivity contribution < 1.29 is 0 Å². The van der Waals surface area contributed by atoms with E-state index in [9.17, 15) is 0 Å². The lowest BCUT2D eigenvalue weighted by Gasteiger charge is -2.41. The number of para-hydroxylation sites is 1. The van der Waals surface area contributed by atoms with Gasteiger partial charge in [0.15, 0.2) is 0 Å². The third-order valence-corrected chi connectivity index (χ3v) is 8.62. The van der Waals surface area contributed by atoms with Crippen molar-refractivity contribution in [3.63, 3.8) is 0 Å². The molecule has 2 aliphatic carbocycles. The Labute approximate surface area is 228 Å². The molecule has 3 aromatic rings. The number of allylic oxidation sites excluding steroid dienone is 7. The summed E-state index contributed by atoms with van der Waals surface area (Å²) < 4.78 is 2.51. The Bertz CT molecular complexity index is 1720. The van der Waals surface area contributed by atoms with Crippen LogP contribution < -0.4 is 25.7 Å². The Balaban J connectivity index is 0.00000129. The van der Waals surface area contributed by atoms with Crippen LogP contribution in [0.15, 0.2) is 114 Å². The number of thiophene rings is 1. The van der Waals surface area contributed by atoms with Crippen molar-refractivity contribution in [2.75, 3.05) is 4.90 Å². The topological polar surface area (TPSA) is 41.3 Å². The molecule has 1 aromatic heterocycles. The summed E-state index contributed by atoms with van der Waals surface area (Å²) in [4.78, 5) is 2.21. The predicted octanol–water partition coefficient (Wildman–Crippen LogP) is 6.61. The quantitative estimate of drug-likeness (QED) is 0.412. The van der Waals surface area contributed by atoms with Crippen LogP contribution in [-0.4, -0.2) is 6.04 Å². The summed E-state index contributed by atoms with van der Waals surface area (Å²) in [6.07, 6.45) is 19.0. The van der Waals surface area contributed by atoms with Gasteiger partial charge in [-0.1, -0.05) is 93.3 Å². The van der Waals surface area contributed by atoms with Gasteiger partial charge in [-0.15, -0.1) is 11.3 Å². The molecule has 0 bridgehead atoms. The summed E-state index contributed by atoms with van der Waals surface area (Å²) in [5.74, 6) is 0.763. The summed E-state index contributed by atoms with van der Waals surface area (Å²) in [6.45, 7) is 8.43. The number of anilines is 1. The van der Waals surface area contributed by atoms with Crippen LogP contribution in [0.25, 0.3) is 27.4 Å². The Morgan fingerprint density at radius 2 is 1.89 bits per heavy atom. The van der Waals surface area contributed by atoms with E-state index in [1.807, 2.05) is 25.2 Å². The largest absolute Gasteiger partial charge is 0.383 e. The van der Waals surface area contributed by atoms with Gasteiger partial charge in [0.2, 0.25) is 0 Å². The molecule has 38 heavy (non-hydrogen) atoms. The lowest BCUT2D eigenvalue weighted by Crippen LogP contribution is -2.50. The van der Waals surface area contributed by atoms with Crippen molar-refractivity contribution in [2.45, 2.75) is 39.2 Å². The van der Waals surface area contributed by atoms with E-state index >= 15 is 0 Å². The molecule has 3 heterocycles. The van der Waals surface area contributed by atoms with E-state index in [0.29, 0.717) is 0 Å². The minimum atomic E-state index is 0.203. The molecule has 0 fully saturated rings. The van der Waals surface area contributed by atoms with Crippen LogP contribution in [0.4, 0.5) is 5.69 Å². The molecule has 0 saturated carbocycles. The number of benzene rings is 2. The highest BCUT2D eigenvalue weighted by atomic mass is 32.1. The molecule has 4 heteroatoms. The van der Waals surface area contributed by atoms with Gasteiger partial charge in [0.05, 0.1) is 15.9 Å². The molecule has 3 N–H and O–H groups in total. The van der Waals surface area contributed by atoms with Crippen molar-refractivity contribution in [1.29, 1.82) is 0 Å². The highest BCUT2D eigenvalue weighted by Crippen LogP contribution is 2.41. The summed E-state index contributed by atoms with van der Waals surface area (Å²) in [5.41, 5.74) is 15.0. The first kappa shape index (κ1) is 24.3. The van der Waals surface area contributed by atoms with E-state index in [-0.39, 0.29) is 6.04 Å². The maximum atomic E-state index is 6.80. The molecular weight excluding hydrogens is 482 g/mol. The molecule has 190 valence electrons. The molecule has 3 nitrogen and oxygen atoms in total. The van der Waals surface area contributed by atoms with Gasteiger partial charge in [-0.2, -0.15) is 0 Å². The maximum Gasteiger partial charge on any atom is 0.134 e. The van der Waals surface area contributed by atoms with Crippen LogP contribution in [0.3, 0.4) is 0 Å². The summed E-state index contributed by atoms with van der Waals surface area (Å²) in [7, 11) is 0. The molecule has 0 radical (unpaired) electrons. The van der Waals surface area contributed by atoms with Crippen LogP contribution in [-0.2, 0) is 0 Å². The molecule has 4 aliphatic rings. The molecule has 0 spiro atoms. The van der Waals surface area contributed by atoms with Crippen LogP contribution in [0, 0.1) is 0 Å². The first-order valence-corrected chi connectivity index (χ1v) is 14.3. The zero-order valence-electron chi connectivity index (χ0n) is 22.0. The van der Waals surface area contributed by atoms with Crippen molar-refractivity contribution in [3.8, 4) is 0 Å². The van der Waals surface area contributed by atoms with Gasteiger partial charge in [-0.3, -0.25) is 4.90 Å². The molecule has 1 atom stereocenters. The fourth-order valence-corrected chi connectivity index (χ4v) is 6.81. The van der Waals surface area contributed by atoms with Gasteiger partial charge in [0, 0.05) is 26.9 Å². The van der Waals surface area contributed by atoms with Gasteiger partial charge in [0.25, 0.3) is 0 Å². The summed E-state index contributed by atoms with van der Waals surface area (Å²) in [6, 6.07) is 17.2. The Kier molecular flexibility index (Phi) is 6.42. The maximum absolute atomic E-state index is 6.80. The molecule has 7 rings (SSSR count). The molecule has 2 aromatic carbocycles. The summed E-state index contributed by atoms with van der Waals surface area (Å²) >= 11 is 1.82. The SMILES string of the molecule is C=C1/C=c2\c(sc3ccccc23)=C2\C(NC3C=CC(C4=CC=CCC4)=CC3)=C(N)N2c2ccccc21.CC. The Hall–Kier alpha value is -4.02. The Morgan fingerprint density at radius 1 is 1.08 bits per heavy atom. The van der Waals surface area contributed by atoms with Gasteiger partial charge in [-0.05, 0) is 54.2 Å². The second-order valence-electron chi connectivity index (χ2n) is 9.64. The van der Waals surface area contributed by atoms with Gasteiger partial charge in [-0.25, -0.2) is 0 Å². The van der Waals surface area contributed by atoms with Gasteiger partial charge >= 0.3 is 0 Å². The van der Waals surface area contributed by atoms with E-state index < -0.39 is 0 Å². The van der Waals surface area contributed by atoms with E-state index in [1.54, 1.807) is 0 Å². The standard InChI is InChI=1S/C32H27N3S.C2H6/c1-20-19-26-25-12-6-8-14-28(25)36-31(26)30-29(32(33)35(30)27-13-7-5-11-24(20)27)34-23-17-15-22(16-18-23)21-9-3-2-4-10-21;1-2/h2-3,5-9,11-17,19,23,34H,1,4,10,18,33H2;1-2H3/b26-19-,31-30+;. The highest BCUT2D eigenvalue weighted by molar-refractivity contribution is 7.17. The molecule has 1 unspecified atom stereocenters. The average Bonchev–Trinajstić information content (AvgIpc) is 3.32. The van der Waals surface area contributed by atoms with Gasteiger partial charge < -0.3 is 11.1 Å². The van der Waals surface area contributed by atoms with Crippen LogP contribution in [0.2, 0.25) is 0 Å². The van der Waals surface area contributed by atoms with Crippen molar-refractivity contribution in [2.24, 2.45) is 5.73 Å². The summed E-state index contributed by atoms with van der Waals surface area (Å²) in [5, 5.41) is 6.27. The fourth-order valence-electron chi connectivity index (χ4n) is 5.59. The minimum Gasteiger partial charge on any atom is -0.383 e. The number of hydrogen-bond donors (Lipinski definition) is 2. The first-order valence-electron chi connectivity index (χ1n) is 13.5. The Morgan fingerprint density at radius 3 is 2.68 bits per heavy atom. The van der Waals surface area contributed by atoms with Crippen LogP contribution >= 0.6 is 11.3 Å². The molecular formula is C34H33N3S. The lowest BCUT2D eigenvalue weighted by atomic mass is 9.91. The first-order chi connectivity index (χ1) is 18.7. The van der Waals surface area contributed by atoms with E-state index in [0.717, 1.165) is 53.3 Å². The molecule has 0 amide bonds. The van der Waals surface area contributed by atoms with Crippen molar-refractivity contribution >= 4 is 44.5 Å². The average molecular weight is 516 g/mol. The van der Waals surface area contributed by atoms with E-state index in [4.69, 9.17) is 5.73 Å². The fraction of sp³-hybridized carbons (Fsp3) is 0.176. The number of rotatable bonds is 3. The number of nitrogens with one attached hydrogen (secondary N) is 1. The third-order valence-electron chi connectivity index (χ3n) is 7.43. The van der Waals surface area contributed by atoms with Crippen LogP contribution in [0.5, 0.6) is 0 Å². The predicted molar refractivity (Wildman–Crippen MR) is 165 cm³/mol. The second kappa shape index (κ2) is 10.0. The lowest BCUT2D eigenvalue weighted by molar-refractivity contribution is 0.660. The third kappa shape index (κ3) is 3.97. The zero-order chi connectivity index (χ0) is 26.2. The monoisotopic (exact) mass is 515 g/mol. The van der Waals surface area contributed by atoms with Crippen molar-refractivity contribution in [1.82, 2.24) is 5.32 Å². The van der Waals surface area contributed by atoms with E-state index in [2.05, 4.69) is 108 Å². The van der Waals surface area contributed by atoms with Crippen molar-refractivity contribution in [3.05, 3.63) is 130 Å². The van der Waals surface area contributed by atoms with Crippen LogP contribution in [0.1, 0.15) is 38.7 Å². The zero-order valence-corrected chi connectivity index (χ0v) is 22.8. The molecule has 0 saturated heterocycles. The van der Waals surface area contributed by atoms with Gasteiger partial charge in [0.1, 0.15) is 11.5 Å². The second-order valence-corrected chi connectivity index (χ2v) is 10.7. The minimum absolute atomic E-state index is 0.203. The highest BCUT2D eigenvalue weighted by Gasteiger charge is 2.36. The van der Waals surface area contributed by atoms with E-state index in [1.165, 1.54) is 31.0 Å². The number of hydrogen-bond acceptors (Lipinski definition) is 4.